The van der Waals surface area contributed by atoms with E-state index in [4.69, 9.17) is 16.3 Å². The first-order valence-corrected chi connectivity index (χ1v) is 6.17. The predicted octanol–water partition coefficient (Wildman–Crippen LogP) is 1.35. The zero-order valence-electron chi connectivity index (χ0n) is 11.0. The molecule has 0 aromatic heterocycles. The zero-order chi connectivity index (χ0) is 14.3. The summed E-state index contributed by atoms with van der Waals surface area (Å²) in [6.45, 7) is 1.09. The molecule has 0 atom stereocenters. The molecule has 0 aliphatic heterocycles. The van der Waals surface area contributed by atoms with E-state index in [1.165, 1.54) is 0 Å². The highest BCUT2D eigenvalue weighted by molar-refractivity contribution is 6.31. The number of amides is 1. The van der Waals surface area contributed by atoms with Gasteiger partial charge in [-0.15, -0.1) is 0 Å². The Labute approximate surface area is 117 Å². The number of ether oxygens (including phenoxy) is 1. The van der Waals surface area contributed by atoms with Crippen LogP contribution < -0.4 is 10.2 Å². The summed E-state index contributed by atoms with van der Waals surface area (Å²) in [6.07, 6.45) is 0.723. The topological polar surface area (TPSA) is 58.6 Å². The Kier molecular flexibility index (Phi) is 6.32. The Morgan fingerprint density at radius 3 is 2.89 bits per heavy atom. The molecule has 0 saturated heterocycles. The summed E-state index contributed by atoms with van der Waals surface area (Å²) in [4.78, 5) is 24.3. The van der Waals surface area contributed by atoms with Gasteiger partial charge < -0.3 is 15.0 Å². The molecule has 1 rings (SSSR count). The van der Waals surface area contributed by atoms with Gasteiger partial charge in [-0.25, -0.2) is 0 Å². The third-order valence-corrected chi connectivity index (χ3v) is 2.77. The first-order valence-electron chi connectivity index (χ1n) is 5.80. The van der Waals surface area contributed by atoms with Gasteiger partial charge in [-0.05, 0) is 18.2 Å². The number of hydrogen-bond donors (Lipinski definition) is 1. The first-order chi connectivity index (χ1) is 9.08. The number of nitrogens with zero attached hydrogens (tertiary/aromatic N) is 1. The summed E-state index contributed by atoms with van der Waals surface area (Å²) in [5.74, 6) is -0.133. The standard InChI is InChI=1S/C13H17ClN2O3/c1-16(8-13(18)15-5-6-19-2)12-4-3-11(14)7-10(12)9-17/h3-4,7,9H,5-6,8H2,1-2H3,(H,15,18). The van der Waals surface area contributed by atoms with Crippen molar-refractivity contribution in [3.05, 3.63) is 28.8 Å². The quantitative estimate of drug-likeness (QED) is 0.607. The first kappa shape index (κ1) is 15.5. The van der Waals surface area contributed by atoms with E-state index in [0.717, 1.165) is 6.29 Å². The number of nitrogens with one attached hydrogen (secondary N) is 1. The molecule has 1 aromatic rings. The van der Waals surface area contributed by atoms with E-state index in [2.05, 4.69) is 5.32 Å². The molecule has 5 nitrogen and oxygen atoms in total. The molecule has 0 spiro atoms. The van der Waals surface area contributed by atoms with Crippen molar-refractivity contribution in [3.8, 4) is 0 Å². The van der Waals surface area contributed by atoms with E-state index >= 15 is 0 Å². The highest BCUT2D eigenvalue weighted by atomic mass is 35.5. The number of methoxy groups -OCH3 is 1. The lowest BCUT2D eigenvalue weighted by atomic mass is 10.2. The van der Waals surface area contributed by atoms with E-state index in [9.17, 15) is 9.59 Å². The molecule has 19 heavy (non-hydrogen) atoms. The number of rotatable bonds is 7. The van der Waals surface area contributed by atoms with Gasteiger partial charge in [-0.1, -0.05) is 11.6 Å². The minimum Gasteiger partial charge on any atom is -0.383 e. The van der Waals surface area contributed by atoms with Gasteiger partial charge in [-0.3, -0.25) is 9.59 Å². The van der Waals surface area contributed by atoms with Gasteiger partial charge in [0, 0.05) is 37.0 Å². The summed E-state index contributed by atoms with van der Waals surface area (Å²) in [6, 6.07) is 4.97. The fourth-order valence-corrected chi connectivity index (χ4v) is 1.80. The van der Waals surface area contributed by atoms with Crippen molar-refractivity contribution in [1.29, 1.82) is 0 Å². The zero-order valence-corrected chi connectivity index (χ0v) is 11.7. The fraction of sp³-hybridized carbons (Fsp3) is 0.385. The van der Waals surface area contributed by atoms with Crippen LogP contribution in [0.1, 0.15) is 10.4 Å². The lowest BCUT2D eigenvalue weighted by molar-refractivity contribution is -0.119. The Balaban J connectivity index is 2.64. The third-order valence-electron chi connectivity index (χ3n) is 2.54. The van der Waals surface area contributed by atoms with Crippen molar-refractivity contribution >= 4 is 29.5 Å². The van der Waals surface area contributed by atoms with Crippen LogP contribution in [0.25, 0.3) is 0 Å². The third kappa shape index (κ3) is 4.89. The van der Waals surface area contributed by atoms with Gasteiger partial charge in [0.2, 0.25) is 5.91 Å². The van der Waals surface area contributed by atoms with Crippen molar-refractivity contribution in [2.24, 2.45) is 0 Å². The van der Waals surface area contributed by atoms with Crippen LogP contribution in [0.15, 0.2) is 18.2 Å². The molecule has 6 heteroatoms. The molecule has 104 valence electrons. The second kappa shape index (κ2) is 7.76. The van der Waals surface area contributed by atoms with Crippen LogP contribution in [0.3, 0.4) is 0 Å². The van der Waals surface area contributed by atoms with Crippen molar-refractivity contribution in [3.63, 3.8) is 0 Å². The normalized spacial score (nSPS) is 10.1. The summed E-state index contributed by atoms with van der Waals surface area (Å²) in [5, 5.41) is 3.20. The molecule has 0 saturated carbocycles. The number of carbonyl (C=O) groups is 2. The molecule has 0 fully saturated rings. The number of aldehydes is 1. The van der Waals surface area contributed by atoms with E-state index in [1.807, 2.05) is 0 Å². The van der Waals surface area contributed by atoms with Crippen molar-refractivity contribution in [1.82, 2.24) is 5.32 Å². The van der Waals surface area contributed by atoms with Gasteiger partial charge in [0.15, 0.2) is 6.29 Å². The number of anilines is 1. The molecular weight excluding hydrogens is 268 g/mol. The molecule has 1 amide bonds. The van der Waals surface area contributed by atoms with Crippen LogP contribution in [0.2, 0.25) is 5.02 Å². The number of halogens is 1. The summed E-state index contributed by atoms with van der Waals surface area (Å²) in [7, 11) is 3.31. The lowest BCUT2D eigenvalue weighted by Crippen LogP contribution is -2.37. The highest BCUT2D eigenvalue weighted by Crippen LogP contribution is 2.21. The summed E-state index contributed by atoms with van der Waals surface area (Å²) in [5.41, 5.74) is 1.13. The Morgan fingerprint density at radius 1 is 1.53 bits per heavy atom. The number of likely N-dealkylation sites (N-methyl/N-ethyl adjacent to an activating group) is 1. The lowest BCUT2D eigenvalue weighted by Gasteiger charge is -2.20. The highest BCUT2D eigenvalue weighted by Gasteiger charge is 2.11. The number of hydrogen-bond acceptors (Lipinski definition) is 4. The van der Waals surface area contributed by atoms with Gasteiger partial charge in [0.05, 0.1) is 13.2 Å². The van der Waals surface area contributed by atoms with Crippen LogP contribution in [0.5, 0.6) is 0 Å². The fourth-order valence-electron chi connectivity index (χ4n) is 1.62. The Morgan fingerprint density at radius 2 is 2.26 bits per heavy atom. The summed E-state index contributed by atoms with van der Waals surface area (Å²) >= 11 is 5.82. The van der Waals surface area contributed by atoms with Gasteiger partial charge in [0.25, 0.3) is 0 Å². The molecule has 0 bridgehead atoms. The molecule has 0 unspecified atom stereocenters. The van der Waals surface area contributed by atoms with E-state index in [-0.39, 0.29) is 12.5 Å². The Bertz CT molecular complexity index is 452. The number of benzene rings is 1. The van der Waals surface area contributed by atoms with Crippen LogP contribution in [0, 0.1) is 0 Å². The van der Waals surface area contributed by atoms with Gasteiger partial charge >= 0.3 is 0 Å². The van der Waals surface area contributed by atoms with E-state index in [1.54, 1.807) is 37.3 Å². The average molecular weight is 285 g/mol. The molecule has 0 radical (unpaired) electrons. The molecule has 0 aliphatic carbocycles. The van der Waals surface area contributed by atoms with Crippen molar-refractivity contribution in [2.75, 3.05) is 38.8 Å². The molecule has 1 aromatic carbocycles. The molecular formula is C13H17ClN2O3. The van der Waals surface area contributed by atoms with Crippen LogP contribution >= 0.6 is 11.6 Å². The smallest absolute Gasteiger partial charge is 0.239 e. The van der Waals surface area contributed by atoms with Crippen molar-refractivity contribution in [2.45, 2.75) is 0 Å². The predicted molar refractivity (Wildman–Crippen MR) is 75.0 cm³/mol. The van der Waals surface area contributed by atoms with Crippen molar-refractivity contribution < 1.29 is 14.3 Å². The molecule has 0 heterocycles. The van der Waals surface area contributed by atoms with Gasteiger partial charge in [0.1, 0.15) is 0 Å². The average Bonchev–Trinajstić information content (AvgIpc) is 2.38. The minimum absolute atomic E-state index is 0.133. The van der Waals surface area contributed by atoms with Crippen LogP contribution in [-0.2, 0) is 9.53 Å². The number of carbonyl (C=O) groups excluding carboxylic acids is 2. The van der Waals surface area contributed by atoms with E-state index < -0.39 is 0 Å². The SMILES string of the molecule is COCCNC(=O)CN(C)c1ccc(Cl)cc1C=O. The van der Waals surface area contributed by atoms with E-state index in [0.29, 0.717) is 29.4 Å². The monoisotopic (exact) mass is 284 g/mol. The summed E-state index contributed by atoms with van der Waals surface area (Å²) < 4.78 is 4.84. The van der Waals surface area contributed by atoms with Crippen LogP contribution in [-0.4, -0.2) is 46.0 Å². The largest absolute Gasteiger partial charge is 0.383 e. The Hall–Kier alpha value is -1.59. The minimum atomic E-state index is -0.133. The second-order valence-electron chi connectivity index (χ2n) is 4.02. The maximum absolute atomic E-state index is 11.6. The maximum atomic E-state index is 11.6. The molecule has 0 aliphatic rings. The van der Waals surface area contributed by atoms with Gasteiger partial charge in [-0.2, -0.15) is 0 Å². The van der Waals surface area contributed by atoms with Crippen LogP contribution in [0.4, 0.5) is 5.69 Å². The maximum Gasteiger partial charge on any atom is 0.239 e. The molecule has 1 N–H and O–H groups in total. The second-order valence-corrected chi connectivity index (χ2v) is 4.46.